The minimum atomic E-state index is -0.527. The Morgan fingerprint density at radius 3 is 2.74 bits per heavy atom. The van der Waals surface area contributed by atoms with Crippen LogP contribution in [-0.4, -0.2) is 14.9 Å². The van der Waals surface area contributed by atoms with Crippen molar-refractivity contribution in [3.63, 3.8) is 0 Å². The summed E-state index contributed by atoms with van der Waals surface area (Å²) in [4.78, 5) is 18.2. The zero-order valence-electron chi connectivity index (χ0n) is 9.83. The molecule has 0 bridgehead atoms. The number of nitro groups is 1. The summed E-state index contributed by atoms with van der Waals surface area (Å²) in [5.74, 6) is 0.263. The van der Waals surface area contributed by atoms with Gasteiger partial charge in [0, 0.05) is 6.07 Å². The molecule has 1 aromatic heterocycles. The van der Waals surface area contributed by atoms with E-state index in [1.807, 2.05) is 0 Å². The fourth-order valence-electron chi connectivity index (χ4n) is 1.42. The van der Waals surface area contributed by atoms with Gasteiger partial charge >= 0.3 is 5.69 Å². The van der Waals surface area contributed by atoms with Crippen LogP contribution < -0.4 is 10.5 Å². The second-order valence-electron chi connectivity index (χ2n) is 3.61. The summed E-state index contributed by atoms with van der Waals surface area (Å²) in [6, 6.07) is 6.02. The maximum Gasteiger partial charge on any atom is 0.311 e. The lowest BCUT2D eigenvalue weighted by Crippen LogP contribution is -2.01. The van der Waals surface area contributed by atoms with E-state index in [1.54, 1.807) is 19.1 Å². The molecule has 0 saturated heterocycles. The van der Waals surface area contributed by atoms with Crippen LogP contribution in [-0.2, 0) is 0 Å². The van der Waals surface area contributed by atoms with Crippen molar-refractivity contribution >= 4 is 27.6 Å². The first-order valence-electron chi connectivity index (χ1n) is 5.20. The number of hydrogen-bond acceptors (Lipinski definition) is 6. The second-order valence-corrected chi connectivity index (χ2v) is 4.41. The van der Waals surface area contributed by atoms with E-state index in [9.17, 15) is 10.1 Å². The molecule has 0 unspecified atom stereocenters. The summed E-state index contributed by atoms with van der Waals surface area (Å²) in [6.45, 7) is 1.72. The molecule has 2 rings (SSSR count). The molecule has 0 aliphatic heterocycles. The molecular formula is C11H9BrN4O3. The first-order valence-corrected chi connectivity index (χ1v) is 5.99. The van der Waals surface area contributed by atoms with Gasteiger partial charge < -0.3 is 10.5 Å². The fourth-order valence-corrected chi connectivity index (χ4v) is 1.68. The van der Waals surface area contributed by atoms with Gasteiger partial charge in [0.05, 0.1) is 10.6 Å². The molecule has 0 radical (unpaired) electrons. The van der Waals surface area contributed by atoms with Crippen molar-refractivity contribution in [2.75, 3.05) is 5.73 Å². The lowest BCUT2D eigenvalue weighted by atomic mass is 10.3. The Balaban J connectivity index is 2.45. The molecule has 0 aliphatic carbocycles. The van der Waals surface area contributed by atoms with Gasteiger partial charge in [0.1, 0.15) is 4.47 Å². The van der Waals surface area contributed by atoms with E-state index in [0.29, 0.717) is 10.2 Å². The van der Waals surface area contributed by atoms with Crippen LogP contribution in [0, 0.1) is 17.0 Å². The van der Waals surface area contributed by atoms with Crippen LogP contribution in [0.5, 0.6) is 11.6 Å². The SMILES string of the molecule is Cc1nc(N)nc(Oc2ccccc2[N+](=O)[O-])c1Br. The van der Waals surface area contributed by atoms with Crippen LogP contribution in [0.2, 0.25) is 0 Å². The molecule has 19 heavy (non-hydrogen) atoms. The number of nitrogen functional groups attached to an aromatic ring is 1. The van der Waals surface area contributed by atoms with Crippen LogP contribution in [0.25, 0.3) is 0 Å². The molecule has 0 amide bonds. The highest BCUT2D eigenvalue weighted by Gasteiger charge is 2.17. The number of hydrogen-bond donors (Lipinski definition) is 1. The van der Waals surface area contributed by atoms with Crippen LogP contribution in [0.4, 0.5) is 11.6 Å². The third kappa shape index (κ3) is 2.79. The average Bonchev–Trinajstić information content (AvgIpc) is 2.35. The number of nitrogens with two attached hydrogens (primary N) is 1. The van der Waals surface area contributed by atoms with Crippen molar-refractivity contribution in [3.05, 3.63) is 44.5 Å². The van der Waals surface area contributed by atoms with Gasteiger partial charge in [-0.2, -0.15) is 4.98 Å². The third-order valence-electron chi connectivity index (χ3n) is 2.27. The van der Waals surface area contributed by atoms with Crippen molar-refractivity contribution in [2.45, 2.75) is 6.92 Å². The zero-order chi connectivity index (χ0) is 14.0. The third-order valence-corrected chi connectivity index (χ3v) is 3.19. The Kier molecular flexibility index (Phi) is 3.61. The predicted molar refractivity (Wildman–Crippen MR) is 72.1 cm³/mol. The number of ether oxygens (including phenoxy) is 1. The first kappa shape index (κ1) is 13.2. The Labute approximate surface area is 116 Å². The largest absolute Gasteiger partial charge is 0.430 e. The lowest BCUT2D eigenvalue weighted by Gasteiger charge is -2.08. The van der Waals surface area contributed by atoms with Crippen molar-refractivity contribution < 1.29 is 9.66 Å². The van der Waals surface area contributed by atoms with Crippen molar-refractivity contribution in [3.8, 4) is 11.6 Å². The van der Waals surface area contributed by atoms with Crippen molar-refractivity contribution in [2.24, 2.45) is 0 Å². The summed E-state index contributed by atoms with van der Waals surface area (Å²) < 4.78 is 5.94. The fraction of sp³-hybridized carbons (Fsp3) is 0.0909. The molecule has 2 N–H and O–H groups in total. The minimum Gasteiger partial charge on any atom is -0.430 e. The highest BCUT2D eigenvalue weighted by molar-refractivity contribution is 9.10. The molecule has 0 aliphatic rings. The first-order chi connectivity index (χ1) is 8.99. The van der Waals surface area contributed by atoms with Crippen LogP contribution in [0.3, 0.4) is 0 Å². The Hall–Kier alpha value is -2.22. The zero-order valence-corrected chi connectivity index (χ0v) is 11.4. The van der Waals surface area contributed by atoms with Gasteiger partial charge in [-0.1, -0.05) is 12.1 Å². The number of aromatic nitrogens is 2. The van der Waals surface area contributed by atoms with E-state index < -0.39 is 4.92 Å². The summed E-state index contributed by atoms with van der Waals surface area (Å²) in [5.41, 5.74) is 5.96. The van der Waals surface area contributed by atoms with E-state index >= 15 is 0 Å². The topological polar surface area (TPSA) is 104 Å². The van der Waals surface area contributed by atoms with E-state index in [4.69, 9.17) is 10.5 Å². The number of benzene rings is 1. The van der Waals surface area contributed by atoms with Gasteiger partial charge in [-0.25, -0.2) is 4.98 Å². The van der Waals surface area contributed by atoms with E-state index in [0.717, 1.165) is 0 Å². The molecule has 7 nitrogen and oxygen atoms in total. The summed E-state index contributed by atoms with van der Waals surface area (Å²) >= 11 is 3.26. The molecule has 98 valence electrons. The Bertz CT molecular complexity index is 648. The number of nitro benzene ring substituents is 1. The predicted octanol–water partition coefficient (Wildman–Crippen LogP) is 2.83. The van der Waals surface area contributed by atoms with Crippen LogP contribution in [0.15, 0.2) is 28.7 Å². The minimum absolute atomic E-state index is 0.0364. The van der Waals surface area contributed by atoms with Crippen molar-refractivity contribution in [1.29, 1.82) is 0 Å². The van der Waals surface area contributed by atoms with Crippen LogP contribution in [0.1, 0.15) is 5.69 Å². The van der Waals surface area contributed by atoms with Gasteiger partial charge in [0.2, 0.25) is 17.6 Å². The standard InChI is InChI=1S/C11H9BrN4O3/c1-6-9(12)10(15-11(13)14-6)19-8-5-3-2-4-7(8)16(17)18/h2-5H,1H3,(H2,13,14,15). The van der Waals surface area contributed by atoms with Gasteiger partial charge in [-0.3, -0.25) is 10.1 Å². The lowest BCUT2D eigenvalue weighted by molar-refractivity contribution is -0.385. The number of halogens is 1. The summed E-state index contributed by atoms with van der Waals surface area (Å²) in [6.07, 6.45) is 0. The van der Waals surface area contributed by atoms with E-state index in [-0.39, 0.29) is 23.3 Å². The smallest absolute Gasteiger partial charge is 0.311 e. The maximum atomic E-state index is 10.9. The second kappa shape index (κ2) is 5.19. The molecule has 0 saturated carbocycles. The number of aryl methyl sites for hydroxylation is 1. The van der Waals surface area contributed by atoms with Gasteiger partial charge in [0.25, 0.3) is 0 Å². The monoisotopic (exact) mass is 324 g/mol. The Morgan fingerprint density at radius 1 is 1.37 bits per heavy atom. The van der Waals surface area contributed by atoms with Gasteiger partial charge in [-0.15, -0.1) is 0 Å². The molecule has 2 aromatic rings. The number of anilines is 1. The van der Waals surface area contributed by atoms with Gasteiger partial charge in [0.15, 0.2) is 0 Å². The molecule has 8 heteroatoms. The highest BCUT2D eigenvalue weighted by Crippen LogP contribution is 2.34. The molecule has 0 spiro atoms. The van der Waals surface area contributed by atoms with E-state index in [2.05, 4.69) is 25.9 Å². The number of para-hydroxylation sites is 2. The number of nitrogens with zero attached hydrogens (tertiary/aromatic N) is 3. The van der Waals surface area contributed by atoms with E-state index in [1.165, 1.54) is 12.1 Å². The summed E-state index contributed by atoms with van der Waals surface area (Å²) in [5, 5.41) is 10.9. The quantitative estimate of drug-likeness (QED) is 0.687. The average molecular weight is 325 g/mol. The molecule has 1 heterocycles. The van der Waals surface area contributed by atoms with Crippen LogP contribution >= 0.6 is 15.9 Å². The number of rotatable bonds is 3. The van der Waals surface area contributed by atoms with Gasteiger partial charge in [-0.05, 0) is 28.9 Å². The Morgan fingerprint density at radius 2 is 2.05 bits per heavy atom. The maximum absolute atomic E-state index is 10.9. The summed E-state index contributed by atoms with van der Waals surface area (Å²) in [7, 11) is 0. The highest BCUT2D eigenvalue weighted by atomic mass is 79.9. The molecule has 0 atom stereocenters. The molecule has 1 aromatic carbocycles. The molecule has 0 fully saturated rings. The van der Waals surface area contributed by atoms with Crippen molar-refractivity contribution in [1.82, 2.24) is 9.97 Å². The molecular weight excluding hydrogens is 316 g/mol. The normalized spacial score (nSPS) is 10.2.